The van der Waals surface area contributed by atoms with Crippen molar-refractivity contribution in [3.05, 3.63) is 29.8 Å². The molecule has 5 nitrogen and oxygen atoms in total. The Kier molecular flexibility index (Phi) is 5.60. The summed E-state index contributed by atoms with van der Waals surface area (Å²) in [5.74, 6) is 1.42. The molecular weight excluding hydrogens is 256 g/mol. The highest BCUT2D eigenvalue weighted by atomic mass is 16.4. The monoisotopic (exact) mass is 274 g/mol. The minimum absolute atomic E-state index is 0.0675. The molecule has 1 rings (SSSR count). The van der Waals surface area contributed by atoms with Crippen molar-refractivity contribution in [3.63, 3.8) is 0 Å². The van der Waals surface area contributed by atoms with Crippen LogP contribution in [0.4, 0.5) is 10.5 Å². The maximum atomic E-state index is 12.1. The van der Waals surface area contributed by atoms with Gasteiger partial charge in [0, 0.05) is 7.05 Å². The van der Waals surface area contributed by atoms with Gasteiger partial charge in [-0.25, -0.2) is 9.59 Å². The highest BCUT2D eigenvalue weighted by Crippen LogP contribution is 2.19. The van der Waals surface area contributed by atoms with E-state index in [1.54, 1.807) is 18.2 Å². The van der Waals surface area contributed by atoms with Gasteiger partial charge in [-0.15, -0.1) is 6.42 Å². The summed E-state index contributed by atoms with van der Waals surface area (Å²) in [6.07, 6.45) is 6.88. The molecule has 0 saturated heterocycles. The molecule has 0 aromatic heterocycles. The molecule has 1 atom stereocenters. The van der Waals surface area contributed by atoms with Gasteiger partial charge in [0.1, 0.15) is 0 Å². The lowest BCUT2D eigenvalue weighted by Gasteiger charge is -2.22. The second-order valence-electron chi connectivity index (χ2n) is 4.34. The fourth-order valence-electron chi connectivity index (χ4n) is 1.79. The van der Waals surface area contributed by atoms with Crippen LogP contribution >= 0.6 is 0 Å². The van der Waals surface area contributed by atoms with E-state index in [9.17, 15) is 9.59 Å². The zero-order valence-corrected chi connectivity index (χ0v) is 11.6. The van der Waals surface area contributed by atoms with Gasteiger partial charge in [0.15, 0.2) is 0 Å². The van der Waals surface area contributed by atoms with Gasteiger partial charge in [0.05, 0.1) is 17.3 Å². The Bertz CT molecular complexity index is 534. The normalized spacial score (nSPS) is 11.2. The lowest BCUT2D eigenvalue weighted by Crippen LogP contribution is -2.43. The van der Waals surface area contributed by atoms with E-state index in [0.29, 0.717) is 12.1 Å². The predicted octanol–water partition coefficient (Wildman–Crippen LogP) is 2.33. The number of para-hydroxylation sites is 1. The summed E-state index contributed by atoms with van der Waals surface area (Å²) in [4.78, 5) is 24.5. The van der Waals surface area contributed by atoms with Crippen LogP contribution in [0.5, 0.6) is 0 Å². The van der Waals surface area contributed by atoms with Crippen molar-refractivity contribution in [2.24, 2.45) is 0 Å². The maximum absolute atomic E-state index is 12.1. The van der Waals surface area contributed by atoms with Crippen LogP contribution in [0.15, 0.2) is 24.3 Å². The molecule has 0 aliphatic rings. The second-order valence-corrected chi connectivity index (χ2v) is 4.34. The lowest BCUT2D eigenvalue weighted by atomic mass is 10.1. The summed E-state index contributed by atoms with van der Waals surface area (Å²) in [6.45, 7) is 1.97. The fourth-order valence-corrected chi connectivity index (χ4v) is 1.79. The van der Waals surface area contributed by atoms with Gasteiger partial charge in [-0.2, -0.15) is 0 Å². The molecule has 20 heavy (non-hydrogen) atoms. The molecule has 0 bridgehead atoms. The van der Waals surface area contributed by atoms with Crippen LogP contribution in [0.2, 0.25) is 0 Å². The van der Waals surface area contributed by atoms with Crippen molar-refractivity contribution >= 4 is 17.7 Å². The molecule has 0 aliphatic carbocycles. The Labute approximate surface area is 118 Å². The summed E-state index contributed by atoms with van der Waals surface area (Å²) in [5, 5.41) is 11.8. The van der Waals surface area contributed by atoms with Crippen LogP contribution < -0.4 is 10.2 Å². The van der Waals surface area contributed by atoms with Crippen LogP contribution in [0.3, 0.4) is 0 Å². The predicted molar refractivity (Wildman–Crippen MR) is 77.9 cm³/mol. The van der Waals surface area contributed by atoms with Gasteiger partial charge in [0.2, 0.25) is 0 Å². The van der Waals surface area contributed by atoms with Crippen molar-refractivity contribution in [1.29, 1.82) is 0 Å². The first kappa shape index (κ1) is 15.6. The zero-order valence-electron chi connectivity index (χ0n) is 11.6. The van der Waals surface area contributed by atoms with E-state index < -0.39 is 12.0 Å². The Hall–Kier alpha value is -2.48. The maximum Gasteiger partial charge on any atom is 0.337 e. The molecule has 106 valence electrons. The zero-order chi connectivity index (χ0) is 15.1. The topological polar surface area (TPSA) is 69.6 Å². The third-order valence-electron chi connectivity index (χ3n) is 2.88. The van der Waals surface area contributed by atoms with Crippen LogP contribution in [0.25, 0.3) is 0 Å². The highest BCUT2D eigenvalue weighted by Gasteiger charge is 2.19. The Morgan fingerprint density at radius 2 is 2.10 bits per heavy atom. The SMILES string of the molecule is C#CC(CCC)NC(=O)N(C)c1ccccc1C(=O)O. The van der Waals surface area contributed by atoms with Gasteiger partial charge in [-0.05, 0) is 18.6 Å². The number of urea groups is 1. The highest BCUT2D eigenvalue weighted by molar-refractivity contribution is 6.01. The first-order valence-electron chi connectivity index (χ1n) is 6.34. The smallest absolute Gasteiger partial charge is 0.337 e. The summed E-state index contributed by atoms with van der Waals surface area (Å²) < 4.78 is 0. The molecule has 0 saturated carbocycles. The number of hydrogen-bond acceptors (Lipinski definition) is 2. The summed E-state index contributed by atoms with van der Waals surface area (Å²) in [7, 11) is 1.51. The summed E-state index contributed by atoms with van der Waals surface area (Å²) in [5.41, 5.74) is 0.391. The molecule has 2 amide bonds. The van der Waals surface area contributed by atoms with Crippen molar-refractivity contribution in [2.75, 3.05) is 11.9 Å². The second kappa shape index (κ2) is 7.19. The molecule has 1 aromatic carbocycles. The van der Waals surface area contributed by atoms with E-state index in [-0.39, 0.29) is 11.6 Å². The van der Waals surface area contributed by atoms with Gasteiger partial charge in [0.25, 0.3) is 0 Å². The third-order valence-corrected chi connectivity index (χ3v) is 2.88. The number of anilines is 1. The summed E-state index contributed by atoms with van der Waals surface area (Å²) in [6, 6.07) is 5.54. The number of nitrogens with one attached hydrogen (secondary N) is 1. The van der Waals surface area contributed by atoms with Crippen molar-refractivity contribution in [1.82, 2.24) is 5.32 Å². The fraction of sp³-hybridized carbons (Fsp3) is 0.333. The quantitative estimate of drug-likeness (QED) is 0.810. The van der Waals surface area contributed by atoms with E-state index in [1.165, 1.54) is 18.0 Å². The summed E-state index contributed by atoms with van der Waals surface area (Å²) >= 11 is 0. The molecule has 1 aromatic rings. The number of carbonyl (C=O) groups is 2. The standard InChI is InChI=1S/C15H18N2O3/c1-4-8-11(5-2)16-15(20)17(3)13-10-7-6-9-12(13)14(18)19/h2,6-7,9-11H,4,8H2,1,3H3,(H,16,20)(H,18,19). The molecule has 1 unspecified atom stereocenters. The van der Waals surface area contributed by atoms with Gasteiger partial charge in [-0.1, -0.05) is 31.4 Å². The number of carbonyl (C=O) groups excluding carboxylic acids is 1. The van der Waals surface area contributed by atoms with E-state index in [2.05, 4.69) is 11.2 Å². The largest absolute Gasteiger partial charge is 0.478 e. The van der Waals surface area contributed by atoms with Crippen molar-refractivity contribution < 1.29 is 14.7 Å². The average Bonchev–Trinajstić information content (AvgIpc) is 2.45. The molecule has 0 heterocycles. The molecule has 0 fully saturated rings. The number of rotatable bonds is 5. The number of carboxylic acid groups (broad SMARTS) is 1. The van der Waals surface area contributed by atoms with E-state index in [0.717, 1.165) is 6.42 Å². The van der Waals surface area contributed by atoms with E-state index in [4.69, 9.17) is 11.5 Å². The first-order chi connectivity index (χ1) is 9.51. The minimum atomic E-state index is -1.08. The number of amides is 2. The van der Waals surface area contributed by atoms with Crippen LogP contribution in [-0.2, 0) is 0 Å². The Morgan fingerprint density at radius 1 is 1.45 bits per heavy atom. The molecule has 5 heteroatoms. The Balaban J connectivity index is 2.90. The first-order valence-corrected chi connectivity index (χ1v) is 6.34. The number of aromatic carboxylic acids is 1. The van der Waals surface area contributed by atoms with Crippen molar-refractivity contribution in [3.8, 4) is 12.3 Å². The molecule has 2 N–H and O–H groups in total. The number of benzene rings is 1. The minimum Gasteiger partial charge on any atom is -0.478 e. The number of hydrogen-bond donors (Lipinski definition) is 2. The number of terminal acetylenes is 1. The van der Waals surface area contributed by atoms with E-state index >= 15 is 0 Å². The van der Waals surface area contributed by atoms with Crippen LogP contribution in [-0.4, -0.2) is 30.2 Å². The van der Waals surface area contributed by atoms with Crippen molar-refractivity contribution in [2.45, 2.75) is 25.8 Å². The lowest BCUT2D eigenvalue weighted by molar-refractivity contribution is 0.0697. The van der Waals surface area contributed by atoms with Crippen LogP contribution in [0, 0.1) is 12.3 Å². The third kappa shape index (κ3) is 3.75. The van der Waals surface area contributed by atoms with Gasteiger partial charge in [-0.3, -0.25) is 4.90 Å². The molecule has 0 aliphatic heterocycles. The van der Waals surface area contributed by atoms with Gasteiger partial charge >= 0.3 is 12.0 Å². The molecule has 0 radical (unpaired) electrons. The van der Waals surface area contributed by atoms with E-state index in [1.807, 2.05) is 6.92 Å². The average molecular weight is 274 g/mol. The molecule has 0 spiro atoms. The Morgan fingerprint density at radius 3 is 2.65 bits per heavy atom. The van der Waals surface area contributed by atoms with Crippen LogP contribution in [0.1, 0.15) is 30.1 Å². The number of carboxylic acids is 1. The number of nitrogens with zero attached hydrogens (tertiary/aromatic N) is 1. The van der Waals surface area contributed by atoms with Gasteiger partial charge < -0.3 is 10.4 Å². The molecular formula is C15H18N2O3.